The van der Waals surface area contributed by atoms with Gasteiger partial charge in [0.05, 0.1) is 0 Å². The molecule has 0 heterocycles. The molecule has 1 aromatic carbocycles. The van der Waals surface area contributed by atoms with Gasteiger partial charge in [-0.05, 0) is 30.9 Å². The lowest BCUT2D eigenvalue weighted by Gasteiger charge is -2.15. The summed E-state index contributed by atoms with van der Waals surface area (Å²) in [6.45, 7) is 0. The third-order valence-electron chi connectivity index (χ3n) is 2.53. The first-order valence-electron chi connectivity index (χ1n) is 5.41. The van der Waals surface area contributed by atoms with E-state index in [1.54, 1.807) is 0 Å². The van der Waals surface area contributed by atoms with Crippen molar-refractivity contribution in [3.05, 3.63) is 34.9 Å². The zero-order valence-electron chi connectivity index (χ0n) is 9.25. The van der Waals surface area contributed by atoms with Gasteiger partial charge in [0.1, 0.15) is 0 Å². The molecule has 1 atom stereocenters. The van der Waals surface area contributed by atoms with Gasteiger partial charge in [0.2, 0.25) is 0 Å². The quantitative estimate of drug-likeness (QED) is 0.345. The average molecular weight is 237 g/mol. The van der Waals surface area contributed by atoms with Crippen LogP contribution in [-0.4, -0.2) is 6.04 Å². The van der Waals surface area contributed by atoms with E-state index in [9.17, 15) is 0 Å². The zero-order valence-corrected chi connectivity index (χ0v) is 10.0. The number of halogens is 1. The van der Waals surface area contributed by atoms with Gasteiger partial charge in [-0.15, -0.1) is 12.3 Å². The summed E-state index contributed by atoms with van der Waals surface area (Å²) in [4.78, 5) is 0. The molecule has 0 saturated carbocycles. The lowest BCUT2D eigenvalue weighted by atomic mass is 10.0. The molecule has 0 aromatic heterocycles. The van der Waals surface area contributed by atoms with Crippen LogP contribution in [0, 0.1) is 12.3 Å². The van der Waals surface area contributed by atoms with E-state index in [-0.39, 0.29) is 6.04 Å². The lowest BCUT2D eigenvalue weighted by Crippen LogP contribution is -2.36. The predicted octanol–water partition coefficient (Wildman–Crippen LogP) is 2.52. The first-order valence-corrected chi connectivity index (χ1v) is 5.78. The molecular weight excluding hydrogens is 220 g/mol. The van der Waals surface area contributed by atoms with Crippen LogP contribution in [-0.2, 0) is 6.42 Å². The van der Waals surface area contributed by atoms with Gasteiger partial charge >= 0.3 is 0 Å². The molecule has 16 heavy (non-hydrogen) atoms. The highest BCUT2D eigenvalue weighted by Gasteiger charge is 2.09. The summed E-state index contributed by atoms with van der Waals surface area (Å²) in [5.41, 5.74) is 3.93. The van der Waals surface area contributed by atoms with Crippen molar-refractivity contribution in [3.63, 3.8) is 0 Å². The first-order chi connectivity index (χ1) is 7.77. The smallest absolute Gasteiger partial charge is 0.0438 e. The number of terminal acetylenes is 1. The number of hydrogen-bond acceptors (Lipinski definition) is 2. The highest BCUT2D eigenvalue weighted by Crippen LogP contribution is 2.17. The van der Waals surface area contributed by atoms with Gasteiger partial charge in [-0.3, -0.25) is 11.3 Å². The van der Waals surface area contributed by atoms with Gasteiger partial charge in [-0.1, -0.05) is 29.8 Å². The van der Waals surface area contributed by atoms with E-state index in [1.165, 1.54) is 0 Å². The van der Waals surface area contributed by atoms with E-state index in [4.69, 9.17) is 23.9 Å². The Hall–Kier alpha value is -1.01. The summed E-state index contributed by atoms with van der Waals surface area (Å²) >= 11 is 6.09. The molecular formula is C13H17ClN2. The maximum Gasteiger partial charge on any atom is 0.0438 e. The van der Waals surface area contributed by atoms with Crippen molar-refractivity contribution >= 4 is 11.6 Å². The van der Waals surface area contributed by atoms with Crippen molar-refractivity contribution in [1.82, 2.24) is 5.43 Å². The van der Waals surface area contributed by atoms with Crippen molar-refractivity contribution in [3.8, 4) is 12.3 Å². The average Bonchev–Trinajstić information content (AvgIpc) is 2.30. The Balaban J connectivity index is 2.50. The summed E-state index contributed by atoms with van der Waals surface area (Å²) in [5, 5.41) is 0.791. The molecule has 0 saturated heterocycles. The number of benzene rings is 1. The number of unbranched alkanes of at least 4 members (excludes halogenated alkanes) is 1. The molecule has 0 bridgehead atoms. The third kappa shape index (κ3) is 4.24. The monoisotopic (exact) mass is 236 g/mol. The van der Waals surface area contributed by atoms with Crippen LogP contribution in [0.3, 0.4) is 0 Å². The van der Waals surface area contributed by atoms with Crippen molar-refractivity contribution < 1.29 is 0 Å². The highest BCUT2D eigenvalue weighted by molar-refractivity contribution is 6.31. The second kappa shape index (κ2) is 7.29. The number of nitrogens with two attached hydrogens (primary N) is 1. The molecule has 0 aliphatic rings. The Morgan fingerprint density at radius 2 is 2.19 bits per heavy atom. The van der Waals surface area contributed by atoms with Crippen LogP contribution in [0.5, 0.6) is 0 Å². The van der Waals surface area contributed by atoms with Crippen molar-refractivity contribution in [2.75, 3.05) is 0 Å². The SMILES string of the molecule is C#CCCCC(Cc1ccccc1Cl)NN. The molecule has 0 spiro atoms. The van der Waals surface area contributed by atoms with Crippen LogP contribution < -0.4 is 11.3 Å². The van der Waals surface area contributed by atoms with Gasteiger partial charge in [-0.2, -0.15) is 0 Å². The highest BCUT2D eigenvalue weighted by atomic mass is 35.5. The number of rotatable bonds is 6. The third-order valence-corrected chi connectivity index (χ3v) is 2.90. The fourth-order valence-electron chi connectivity index (χ4n) is 1.62. The van der Waals surface area contributed by atoms with Crippen LogP contribution in [0.4, 0.5) is 0 Å². The lowest BCUT2D eigenvalue weighted by molar-refractivity contribution is 0.479. The minimum Gasteiger partial charge on any atom is -0.271 e. The standard InChI is InChI=1S/C13H17ClN2/c1-2-3-4-8-12(16-15)10-11-7-5-6-9-13(11)14/h1,5-7,9,12,16H,3-4,8,10,15H2. The molecule has 2 nitrogen and oxygen atoms in total. The van der Waals surface area contributed by atoms with E-state index in [0.717, 1.165) is 36.3 Å². The van der Waals surface area contributed by atoms with Crippen molar-refractivity contribution in [1.29, 1.82) is 0 Å². The van der Waals surface area contributed by atoms with Crippen LogP contribution in [0.2, 0.25) is 5.02 Å². The van der Waals surface area contributed by atoms with E-state index >= 15 is 0 Å². The summed E-state index contributed by atoms with van der Waals surface area (Å²) in [6.07, 6.45) is 8.78. The molecule has 86 valence electrons. The van der Waals surface area contributed by atoms with E-state index in [2.05, 4.69) is 11.3 Å². The van der Waals surface area contributed by atoms with Crippen LogP contribution in [0.15, 0.2) is 24.3 Å². The fraction of sp³-hybridized carbons (Fsp3) is 0.385. The van der Waals surface area contributed by atoms with Crippen LogP contribution in [0.25, 0.3) is 0 Å². The molecule has 1 rings (SSSR count). The first kappa shape index (κ1) is 13.1. The molecule has 0 fully saturated rings. The summed E-state index contributed by atoms with van der Waals surface area (Å²) in [5.74, 6) is 8.14. The number of nitrogens with one attached hydrogen (secondary N) is 1. The topological polar surface area (TPSA) is 38.0 Å². The Morgan fingerprint density at radius 1 is 1.44 bits per heavy atom. The molecule has 3 N–H and O–H groups in total. The zero-order chi connectivity index (χ0) is 11.8. The van der Waals surface area contributed by atoms with Gasteiger partial charge < -0.3 is 0 Å². The van der Waals surface area contributed by atoms with Gasteiger partial charge in [0.25, 0.3) is 0 Å². The summed E-state index contributed by atoms with van der Waals surface area (Å²) in [7, 11) is 0. The Labute approximate surface area is 102 Å². The second-order valence-corrected chi connectivity index (χ2v) is 4.16. The Bertz CT molecular complexity index is 357. The van der Waals surface area contributed by atoms with E-state index in [1.807, 2.05) is 24.3 Å². The van der Waals surface area contributed by atoms with Gasteiger partial charge in [0, 0.05) is 17.5 Å². The van der Waals surface area contributed by atoms with Crippen LogP contribution in [0.1, 0.15) is 24.8 Å². The maximum atomic E-state index is 6.09. The molecule has 1 unspecified atom stereocenters. The van der Waals surface area contributed by atoms with Crippen LogP contribution >= 0.6 is 11.6 Å². The van der Waals surface area contributed by atoms with Gasteiger partial charge in [-0.25, -0.2) is 0 Å². The second-order valence-electron chi connectivity index (χ2n) is 3.76. The molecule has 0 amide bonds. The van der Waals surface area contributed by atoms with E-state index < -0.39 is 0 Å². The molecule has 1 aromatic rings. The molecule has 0 radical (unpaired) electrons. The molecule has 0 aliphatic heterocycles. The predicted molar refractivity (Wildman–Crippen MR) is 69.0 cm³/mol. The maximum absolute atomic E-state index is 6.09. The Morgan fingerprint density at radius 3 is 2.81 bits per heavy atom. The van der Waals surface area contributed by atoms with Gasteiger partial charge in [0.15, 0.2) is 0 Å². The van der Waals surface area contributed by atoms with Crippen molar-refractivity contribution in [2.24, 2.45) is 5.84 Å². The number of hydrazine groups is 1. The van der Waals surface area contributed by atoms with E-state index in [0.29, 0.717) is 0 Å². The largest absolute Gasteiger partial charge is 0.271 e. The normalized spacial score (nSPS) is 12.1. The minimum atomic E-state index is 0.230. The fourth-order valence-corrected chi connectivity index (χ4v) is 1.84. The molecule has 0 aliphatic carbocycles. The summed E-state index contributed by atoms with van der Waals surface area (Å²) < 4.78 is 0. The number of hydrogen-bond donors (Lipinski definition) is 2. The Kier molecular flexibility index (Phi) is 5.95. The summed E-state index contributed by atoms with van der Waals surface area (Å²) in [6, 6.07) is 8.05. The van der Waals surface area contributed by atoms with Crippen molar-refractivity contribution in [2.45, 2.75) is 31.7 Å². The molecule has 3 heteroatoms. The minimum absolute atomic E-state index is 0.230.